The molecule has 1 atom stereocenters. The van der Waals surface area contributed by atoms with Crippen LogP contribution in [0.25, 0.3) is 0 Å². The number of rotatable bonds is 7. The number of hydrogen-bond acceptors (Lipinski definition) is 7. The second-order valence-electron chi connectivity index (χ2n) is 3.78. The monoisotopic (exact) mass is 322 g/mol. The highest BCUT2D eigenvalue weighted by Gasteiger charge is 2.22. The van der Waals surface area contributed by atoms with Crippen LogP contribution in [0.15, 0.2) is 5.38 Å². The van der Waals surface area contributed by atoms with Gasteiger partial charge in [-0.2, -0.15) is 0 Å². The molecule has 10 heteroatoms. The molecule has 0 saturated carbocycles. The Hall–Kier alpha value is -1.52. The number of ether oxygens (including phenoxy) is 1. The third kappa shape index (κ3) is 4.87. The smallest absolute Gasteiger partial charge is 0.355 e. The molecule has 1 rings (SSSR count). The topological polar surface area (TPSA) is 123 Å². The SMILES string of the molecule is CCOC(=O)CS(=O)(=O)NC(C)c1nc(C(=O)O)cs1. The molecule has 1 unspecified atom stereocenters. The minimum absolute atomic E-state index is 0.0956. The maximum atomic E-state index is 11.7. The van der Waals surface area contributed by atoms with Crippen LogP contribution in [0.5, 0.6) is 0 Å². The molecule has 8 nitrogen and oxygen atoms in total. The fourth-order valence-corrected chi connectivity index (χ4v) is 3.31. The summed E-state index contributed by atoms with van der Waals surface area (Å²) >= 11 is 1.02. The summed E-state index contributed by atoms with van der Waals surface area (Å²) in [6, 6.07) is -0.729. The van der Waals surface area contributed by atoms with E-state index in [2.05, 4.69) is 14.4 Å². The quantitative estimate of drug-likeness (QED) is 0.696. The number of hydrogen-bond donors (Lipinski definition) is 2. The van der Waals surface area contributed by atoms with E-state index in [1.54, 1.807) is 6.92 Å². The van der Waals surface area contributed by atoms with E-state index in [4.69, 9.17) is 5.11 Å². The summed E-state index contributed by atoms with van der Waals surface area (Å²) in [4.78, 5) is 25.6. The number of nitrogens with zero attached hydrogens (tertiary/aromatic N) is 1. The Kier molecular flexibility index (Phi) is 5.60. The lowest BCUT2D eigenvalue weighted by atomic mass is 10.4. The molecule has 20 heavy (non-hydrogen) atoms. The first-order valence-electron chi connectivity index (χ1n) is 5.59. The molecule has 0 aliphatic carbocycles. The maximum Gasteiger partial charge on any atom is 0.355 e. The Morgan fingerprint density at radius 1 is 1.55 bits per heavy atom. The van der Waals surface area contributed by atoms with Crippen LogP contribution in [-0.4, -0.2) is 42.8 Å². The Morgan fingerprint density at radius 2 is 2.20 bits per heavy atom. The van der Waals surface area contributed by atoms with Gasteiger partial charge in [0.15, 0.2) is 11.4 Å². The van der Waals surface area contributed by atoms with Crippen molar-refractivity contribution in [1.29, 1.82) is 0 Å². The number of esters is 1. The van der Waals surface area contributed by atoms with E-state index in [9.17, 15) is 18.0 Å². The van der Waals surface area contributed by atoms with Crippen LogP contribution in [0.4, 0.5) is 0 Å². The lowest BCUT2D eigenvalue weighted by Crippen LogP contribution is -2.33. The second-order valence-corrected chi connectivity index (χ2v) is 6.42. The molecule has 1 aromatic rings. The molecule has 0 bridgehead atoms. The molecule has 1 heterocycles. The van der Waals surface area contributed by atoms with Crippen molar-refractivity contribution in [2.24, 2.45) is 0 Å². The predicted molar refractivity (Wildman–Crippen MR) is 71.0 cm³/mol. The molecule has 1 aromatic heterocycles. The summed E-state index contributed by atoms with van der Waals surface area (Å²) in [5.74, 6) is -2.82. The van der Waals surface area contributed by atoms with Crippen LogP contribution in [0, 0.1) is 0 Å². The first-order chi connectivity index (χ1) is 9.25. The second kappa shape index (κ2) is 6.77. The Bertz CT molecular complexity index is 595. The summed E-state index contributed by atoms with van der Waals surface area (Å²) < 4.78 is 30.2. The van der Waals surface area contributed by atoms with Gasteiger partial charge in [0.05, 0.1) is 12.6 Å². The van der Waals surface area contributed by atoms with E-state index in [1.807, 2.05) is 0 Å². The number of carboxylic acids is 1. The molecular weight excluding hydrogens is 308 g/mol. The molecule has 112 valence electrons. The van der Waals surface area contributed by atoms with E-state index >= 15 is 0 Å². The average Bonchev–Trinajstić information content (AvgIpc) is 2.76. The zero-order chi connectivity index (χ0) is 15.3. The lowest BCUT2D eigenvalue weighted by molar-refractivity contribution is -0.139. The molecule has 0 aliphatic rings. The van der Waals surface area contributed by atoms with Gasteiger partial charge in [-0.05, 0) is 13.8 Å². The number of nitrogens with one attached hydrogen (secondary N) is 1. The van der Waals surface area contributed by atoms with Crippen LogP contribution in [0.3, 0.4) is 0 Å². The average molecular weight is 322 g/mol. The summed E-state index contributed by atoms with van der Waals surface area (Å²) in [6.45, 7) is 3.18. The van der Waals surface area contributed by atoms with Gasteiger partial charge in [0.25, 0.3) is 0 Å². The Morgan fingerprint density at radius 3 is 2.70 bits per heavy atom. The van der Waals surface area contributed by atoms with Crippen LogP contribution in [-0.2, 0) is 19.6 Å². The number of aromatic nitrogens is 1. The van der Waals surface area contributed by atoms with Gasteiger partial charge < -0.3 is 9.84 Å². The molecule has 0 aliphatic heterocycles. The molecule has 0 spiro atoms. The van der Waals surface area contributed by atoms with Gasteiger partial charge in [0.1, 0.15) is 5.01 Å². The van der Waals surface area contributed by atoms with Gasteiger partial charge in [-0.15, -0.1) is 11.3 Å². The van der Waals surface area contributed by atoms with Gasteiger partial charge in [-0.1, -0.05) is 0 Å². The standard InChI is InChI=1S/C10H14N2O6S2/c1-3-18-8(13)5-20(16,17)12-6(2)9-11-7(4-19-9)10(14)15/h4,6,12H,3,5H2,1-2H3,(H,14,15). The lowest BCUT2D eigenvalue weighted by Gasteiger charge is -2.11. The van der Waals surface area contributed by atoms with Crippen LogP contribution in [0.2, 0.25) is 0 Å². The van der Waals surface area contributed by atoms with Crippen LogP contribution in [0.1, 0.15) is 35.4 Å². The maximum absolute atomic E-state index is 11.7. The van der Waals surface area contributed by atoms with Gasteiger partial charge in [0.2, 0.25) is 10.0 Å². The molecule has 0 amide bonds. The van der Waals surface area contributed by atoms with E-state index in [0.29, 0.717) is 5.01 Å². The molecule has 0 radical (unpaired) electrons. The minimum Gasteiger partial charge on any atom is -0.476 e. The summed E-state index contributed by atoms with van der Waals surface area (Å²) in [5, 5.41) is 10.3. The molecule has 0 fully saturated rings. The molecule has 0 saturated heterocycles. The third-order valence-corrected chi connectivity index (χ3v) is 4.44. The van der Waals surface area contributed by atoms with Gasteiger partial charge in [-0.3, -0.25) is 4.79 Å². The number of sulfonamides is 1. The van der Waals surface area contributed by atoms with Gasteiger partial charge in [-0.25, -0.2) is 22.9 Å². The van der Waals surface area contributed by atoms with E-state index in [0.717, 1.165) is 11.3 Å². The van der Waals surface area contributed by atoms with Crippen LogP contribution < -0.4 is 4.72 Å². The van der Waals surface area contributed by atoms with Crippen molar-refractivity contribution in [3.8, 4) is 0 Å². The summed E-state index contributed by atoms with van der Waals surface area (Å²) in [5.41, 5.74) is -0.151. The van der Waals surface area contributed by atoms with Gasteiger partial charge in [0, 0.05) is 5.38 Å². The first kappa shape index (κ1) is 16.5. The van der Waals surface area contributed by atoms with E-state index in [1.165, 1.54) is 12.3 Å². The van der Waals surface area contributed by atoms with Crippen molar-refractivity contribution in [2.45, 2.75) is 19.9 Å². The van der Waals surface area contributed by atoms with Crippen molar-refractivity contribution in [3.05, 3.63) is 16.1 Å². The Labute approximate surface area is 119 Å². The van der Waals surface area contributed by atoms with Crippen molar-refractivity contribution in [2.75, 3.05) is 12.4 Å². The number of aromatic carboxylic acids is 1. The van der Waals surface area contributed by atoms with Crippen LogP contribution >= 0.6 is 11.3 Å². The zero-order valence-electron chi connectivity index (χ0n) is 10.8. The van der Waals surface area contributed by atoms with Crippen molar-refractivity contribution >= 4 is 33.3 Å². The number of thiazole rings is 1. The highest BCUT2D eigenvalue weighted by molar-refractivity contribution is 7.90. The summed E-state index contributed by atoms with van der Waals surface area (Å²) in [6.07, 6.45) is 0. The largest absolute Gasteiger partial charge is 0.476 e. The number of carbonyl (C=O) groups is 2. The highest BCUT2D eigenvalue weighted by atomic mass is 32.2. The minimum atomic E-state index is -3.87. The highest BCUT2D eigenvalue weighted by Crippen LogP contribution is 2.18. The Balaban J connectivity index is 2.70. The number of carboxylic acid groups (broad SMARTS) is 1. The summed E-state index contributed by atoms with van der Waals surface area (Å²) in [7, 11) is -3.87. The van der Waals surface area contributed by atoms with Crippen molar-refractivity contribution in [1.82, 2.24) is 9.71 Å². The fourth-order valence-electron chi connectivity index (χ4n) is 1.30. The van der Waals surface area contributed by atoms with Gasteiger partial charge >= 0.3 is 11.9 Å². The van der Waals surface area contributed by atoms with Crippen molar-refractivity contribution < 1.29 is 27.9 Å². The third-order valence-electron chi connectivity index (χ3n) is 2.08. The molecular formula is C10H14N2O6S2. The first-order valence-corrected chi connectivity index (χ1v) is 8.12. The zero-order valence-corrected chi connectivity index (χ0v) is 12.5. The van der Waals surface area contributed by atoms with E-state index < -0.39 is 33.8 Å². The van der Waals surface area contributed by atoms with E-state index in [-0.39, 0.29) is 12.3 Å². The normalized spacial score (nSPS) is 12.9. The number of carbonyl (C=O) groups excluding carboxylic acids is 1. The molecule has 2 N–H and O–H groups in total. The fraction of sp³-hybridized carbons (Fsp3) is 0.500. The van der Waals surface area contributed by atoms with Crippen molar-refractivity contribution in [3.63, 3.8) is 0 Å². The molecule has 0 aromatic carbocycles. The predicted octanol–water partition coefficient (Wildman–Crippen LogP) is 0.385.